The SMILES string of the molecule is CN(Cc1ncnn1C)c1cccc(F)c1C=O. The molecule has 0 unspecified atom stereocenters. The summed E-state index contributed by atoms with van der Waals surface area (Å²) in [5.41, 5.74) is 0.593. The molecular weight excluding hydrogens is 235 g/mol. The monoisotopic (exact) mass is 248 g/mol. The number of anilines is 1. The van der Waals surface area contributed by atoms with E-state index in [0.717, 1.165) is 5.82 Å². The van der Waals surface area contributed by atoms with Gasteiger partial charge in [-0.25, -0.2) is 9.37 Å². The molecule has 18 heavy (non-hydrogen) atoms. The van der Waals surface area contributed by atoms with Crippen LogP contribution in [0, 0.1) is 5.82 Å². The average Bonchev–Trinajstić information content (AvgIpc) is 2.74. The van der Waals surface area contributed by atoms with Gasteiger partial charge < -0.3 is 4.90 Å². The van der Waals surface area contributed by atoms with Crippen molar-refractivity contribution in [3.63, 3.8) is 0 Å². The number of carbonyl (C=O) groups excluding carboxylic acids is 1. The molecule has 0 aliphatic rings. The van der Waals surface area contributed by atoms with Crippen LogP contribution in [0.3, 0.4) is 0 Å². The Balaban J connectivity index is 2.29. The van der Waals surface area contributed by atoms with Gasteiger partial charge in [0.25, 0.3) is 0 Å². The molecule has 0 aliphatic heterocycles. The lowest BCUT2D eigenvalue weighted by Gasteiger charge is -2.20. The van der Waals surface area contributed by atoms with Gasteiger partial charge in [-0.2, -0.15) is 5.10 Å². The highest BCUT2D eigenvalue weighted by atomic mass is 19.1. The van der Waals surface area contributed by atoms with E-state index in [0.29, 0.717) is 18.5 Å². The van der Waals surface area contributed by atoms with Crippen molar-refractivity contribution in [2.75, 3.05) is 11.9 Å². The second kappa shape index (κ2) is 4.95. The van der Waals surface area contributed by atoms with E-state index in [4.69, 9.17) is 0 Å². The van der Waals surface area contributed by atoms with Crippen molar-refractivity contribution < 1.29 is 9.18 Å². The summed E-state index contributed by atoms with van der Waals surface area (Å²) < 4.78 is 15.1. The van der Waals surface area contributed by atoms with Gasteiger partial charge in [0, 0.05) is 14.1 Å². The van der Waals surface area contributed by atoms with Crippen LogP contribution in [0.2, 0.25) is 0 Å². The minimum Gasteiger partial charge on any atom is -0.366 e. The summed E-state index contributed by atoms with van der Waals surface area (Å²) in [6.07, 6.45) is 1.98. The van der Waals surface area contributed by atoms with E-state index in [-0.39, 0.29) is 5.56 Å². The van der Waals surface area contributed by atoms with Gasteiger partial charge >= 0.3 is 0 Å². The molecule has 0 aliphatic carbocycles. The number of aryl methyl sites for hydroxylation is 1. The molecule has 1 aromatic heterocycles. The largest absolute Gasteiger partial charge is 0.366 e. The van der Waals surface area contributed by atoms with Crippen LogP contribution < -0.4 is 4.90 Å². The Morgan fingerprint density at radius 3 is 2.89 bits per heavy atom. The van der Waals surface area contributed by atoms with E-state index in [9.17, 15) is 9.18 Å². The number of hydrogen-bond donors (Lipinski definition) is 0. The molecule has 0 saturated heterocycles. The molecule has 1 aromatic carbocycles. The zero-order chi connectivity index (χ0) is 13.1. The quantitative estimate of drug-likeness (QED) is 0.767. The lowest BCUT2D eigenvalue weighted by Crippen LogP contribution is -2.21. The summed E-state index contributed by atoms with van der Waals surface area (Å²) >= 11 is 0. The van der Waals surface area contributed by atoms with Gasteiger partial charge in [-0.05, 0) is 12.1 Å². The fourth-order valence-electron chi connectivity index (χ4n) is 1.74. The molecule has 0 saturated carbocycles. The summed E-state index contributed by atoms with van der Waals surface area (Å²) in [7, 11) is 3.55. The number of aldehydes is 1. The number of aromatic nitrogens is 3. The molecule has 0 radical (unpaired) electrons. The van der Waals surface area contributed by atoms with E-state index in [2.05, 4.69) is 10.1 Å². The maximum atomic E-state index is 13.5. The number of hydrogen-bond acceptors (Lipinski definition) is 4. The Morgan fingerprint density at radius 1 is 1.50 bits per heavy atom. The van der Waals surface area contributed by atoms with Crippen molar-refractivity contribution >= 4 is 12.0 Å². The average molecular weight is 248 g/mol. The van der Waals surface area contributed by atoms with Gasteiger partial charge in [-0.3, -0.25) is 9.48 Å². The highest BCUT2D eigenvalue weighted by molar-refractivity contribution is 5.84. The van der Waals surface area contributed by atoms with E-state index in [1.165, 1.54) is 12.4 Å². The van der Waals surface area contributed by atoms with Crippen LogP contribution in [0.25, 0.3) is 0 Å². The van der Waals surface area contributed by atoms with E-state index in [1.807, 2.05) is 0 Å². The molecule has 2 aromatic rings. The van der Waals surface area contributed by atoms with Crippen molar-refractivity contribution in [2.45, 2.75) is 6.54 Å². The number of nitrogens with zero attached hydrogens (tertiary/aromatic N) is 4. The van der Waals surface area contributed by atoms with Crippen LogP contribution in [0.4, 0.5) is 10.1 Å². The lowest BCUT2D eigenvalue weighted by atomic mass is 10.1. The third kappa shape index (κ3) is 2.22. The smallest absolute Gasteiger partial charge is 0.155 e. The molecule has 6 heteroatoms. The number of halogens is 1. The normalized spacial score (nSPS) is 10.4. The molecule has 5 nitrogen and oxygen atoms in total. The predicted molar refractivity (Wildman–Crippen MR) is 64.9 cm³/mol. The molecule has 2 rings (SSSR count). The van der Waals surface area contributed by atoms with E-state index < -0.39 is 5.82 Å². The van der Waals surface area contributed by atoms with Crippen LogP contribution in [0.5, 0.6) is 0 Å². The third-order valence-corrected chi connectivity index (χ3v) is 2.74. The highest BCUT2D eigenvalue weighted by Gasteiger charge is 2.13. The molecule has 0 atom stereocenters. The first kappa shape index (κ1) is 12.2. The Morgan fingerprint density at radius 2 is 2.28 bits per heavy atom. The van der Waals surface area contributed by atoms with Crippen molar-refractivity contribution in [2.24, 2.45) is 7.05 Å². The summed E-state index contributed by atoms with van der Waals surface area (Å²) in [4.78, 5) is 16.8. The first-order chi connectivity index (χ1) is 8.63. The third-order valence-electron chi connectivity index (χ3n) is 2.74. The molecule has 0 N–H and O–H groups in total. The Kier molecular flexibility index (Phi) is 3.36. The molecule has 0 amide bonds. The standard InChI is InChI=1S/C12H13FN4O/c1-16(6-12-14-8-15-17(12)2)11-5-3-4-10(13)9(11)7-18/h3-5,7-8H,6H2,1-2H3. The Bertz CT molecular complexity index is 567. The summed E-state index contributed by atoms with van der Waals surface area (Å²) in [5.74, 6) is 0.214. The zero-order valence-electron chi connectivity index (χ0n) is 10.2. The van der Waals surface area contributed by atoms with Gasteiger partial charge in [-0.15, -0.1) is 0 Å². The Hall–Kier alpha value is -2.24. The van der Waals surface area contributed by atoms with Gasteiger partial charge in [0.15, 0.2) is 6.29 Å². The number of benzene rings is 1. The molecule has 1 heterocycles. The first-order valence-electron chi connectivity index (χ1n) is 5.41. The van der Waals surface area contributed by atoms with Crippen molar-refractivity contribution in [3.05, 3.63) is 41.7 Å². The fourth-order valence-corrected chi connectivity index (χ4v) is 1.74. The maximum Gasteiger partial charge on any atom is 0.155 e. The van der Waals surface area contributed by atoms with Crippen LogP contribution in [-0.4, -0.2) is 28.1 Å². The van der Waals surface area contributed by atoms with Crippen LogP contribution in [0.1, 0.15) is 16.2 Å². The van der Waals surface area contributed by atoms with E-state index >= 15 is 0 Å². The summed E-state index contributed by atoms with van der Waals surface area (Å²) in [5, 5.41) is 3.96. The van der Waals surface area contributed by atoms with Gasteiger partial charge in [-0.1, -0.05) is 6.07 Å². The van der Waals surface area contributed by atoms with Gasteiger partial charge in [0.05, 0.1) is 17.8 Å². The first-order valence-corrected chi connectivity index (χ1v) is 5.41. The molecule has 94 valence electrons. The predicted octanol–water partition coefficient (Wildman–Crippen LogP) is 1.40. The fraction of sp³-hybridized carbons (Fsp3) is 0.250. The zero-order valence-corrected chi connectivity index (χ0v) is 10.2. The van der Waals surface area contributed by atoms with E-state index in [1.54, 1.807) is 35.8 Å². The second-order valence-corrected chi connectivity index (χ2v) is 3.95. The molecule has 0 spiro atoms. The highest BCUT2D eigenvalue weighted by Crippen LogP contribution is 2.21. The topological polar surface area (TPSA) is 51.0 Å². The summed E-state index contributed by atoms with van der Waals surface area (Å²) in [6.45, 7) is 0.445. The van der Waals surface area contributed by atoms with Crippen LogP contribution >= 0.6 is 0 Å². The minimum absolute atomic E-state index is 0.0576. The van der Waals surface area contributed by atoms with Crippen molar-refractivity contribution in [1.29, 1.82) is 0 Å². The molecule has 0 fully saturated rings. The number of carbonyl (C=O) groups is 1. The lowest BCUT2D eigenvalue weighted by molar-refractivity contribution is 0.112. The van der Waals surface area contributed by atoms with Gasteiger partial charge in [0.1, 0.15) is 18.0 Å². The molecular formula is C12H13FN4O. The van der Waals surface area contributed by atoms with Crippen molar-refractivity contribution in [1.82, 2.24) is 14.8 Å². The second-order valence-electron chi connectivity index (χ2n) is 3.95. The maximum absolute atomic E-state index is 13.5. The molecule has 0 bridgehead atoms. The van der Waals surface area contributed by atoms with Gasteiger partial charge in [0.2, 0.25) is 0 Å². The Labute approximate surface area is 104 Å². The summed E-state index contributed by atoms with van der Waals surface area (Å²) in [6, 6.07) is 4.54. The van der Waals surface area contributed by atoms with Crippen LogP contribution in [-0.2, 0) is 13.6 Å². The minimum atomic E-state index is -0.521. The van der Waals surface area contributed by atoms with Crippen LogP contribution in [0.15, 0.2) is 24.5 Å². The number of rotatable bonds is 4. The van der Waals surface area contributed by atoms with Crippen molar-refractivity contribution in [3.8, 4) is 0 Å².